The Bertz CT molecular complexity index is 1100. The summed E-state index contributed by atoms with van der Waals surface area (Å²) in [5.74, 6) is 0. The molecule has 2 aliphatic heterocycles. The molecule has 0 amide bonds. The molecule has 0 atom stereocenters. The van der Waals surface area contributed by atoms with Gasteiger partial charge in [-0.3, -0.25) is 0 Å². The number of fused-ring (bicyclic) bond motifs is 6. The summed E-state index contributed by atoms with van der Waals surface area (Å²) in [7, 11) is 0.0336. The van der Waals surface area contributed by atoms with Crippen molar-refractivity contribution in [2.45, 2.75) is 37.5 Å². The number of rotatable bonds is 5. The van der Waals surface area contributed by atoms with Crippen LogP contribution in [0.2, 0.25) is 0 Å². The van der Waals surface area contributed by atoms with Crippen LogP contribution in [0.15, 0.2) is 97.1 Å². The molecule has 0 nitrogen and oxygen atoms in total. The zero-order valence-electron chi connectivity index (χ0n) is 19.8. The summed E-state index contributed by atoms with van der Waals surface area (Å²) in [5, 5.41) is 0. The second-order valence-electron chi connectivity index (χ2n) is 9.76. The first-order chi connectivity index (χ1) is 16.8. The third-order valence-corrected chi connectivity index (χ3v) is 12.5. The second kappa shape index (κ2) is 10.2. The summed E-state index contributed by atoms with van der Waals surface area (Å²) < 4.78 is 0. The van der Waals surface area contributed by atoms with Crippen LogP contribution in [0.25, 0.3) is 22.3 Å². The molecule has 2 heterocycles. The van der Waals surface area contributed by atoms with Gasteiger partial charge in [-0.25, -0.2) is 0 Å². The minimum atomic E-state index is 0.0168. The molecular formula is C32H32P2. The average molecular weight is 479 g/mol. The zero-order valence-corrected chi connectivity index (χ0v) is 21.6. The Kier molecular flexibility index (Phi) is 6.64. The van der Waals surface area contributed by atoms with Crippen molar-refractivity contribution in [1.82, 2.24) is 0 Å². The SMILES string of the molecule is c1ccc2c(c1)CP(CCCCP1Cc3ccccc3-c3ccccc3C1)Cc1ccccc1-2. The summed E-state index contributed by atoms with van der Waals surface area (Å²) in [6.45, 7) is 0. The first-order valence-corrected chi connectivity index (χ1v) is 16.4. The molecular weight excluding hydrogens is 446 g/mol. The van der Waals surface area contributed by atoms with E-state index >= 15 is 0 Å². The molecule has 170 valence electrons. The van der Waals surface area contributed by atoms with Crippen molar-refractivity contribution < 1.29 is 0 Å². The van der Waals surface area contributed by atoms with Crippen LogP contribution in [0.3, 0.4) is 0 Å². The molecule has 0 saturated heterocycles. The maximum atomic E-state index is 2.37. The molecule has 0 fully saturated rings. The highest BCUT2D eigenvalue weighted by Gasteiger charge is 2.22. The summed E-state index contributed by atoms with van der Waals surface area (Å²) in [6, 6.07) is 36.5. The molecule has 0 spiro atoms. The Balaban J connectivity index is 1.12. The smallest absolute Gasteiger partial charge is 0.00639 e. The van der Waals surface area contributed by atoms with E-state index in [1.807, 2.05) is 0 Å². The Morgan fingerprint density at radius 1 is 0.382 bits per heavy atom. The molecule has 0 saturated carbocycles. The van der Waals surface area contributed by atoms with Crippen molar-refractivity contribution in [1.29, 1.82) is 0 Å². The molecule has 0 aromatic heterocycles. The summed E-state index contributed by atoms with van der Waals surface area (Å²) in [4.78, 5) is 0. The van der Waals surface area contributed by atoms with Crippen molar-refractivity contribution in [3.05, 3.63) is 119 Å². The van der Waals surface area contributed by atoms with E-state index in [1.165, 1.54) is 72.1 Å². The van der Waals surface area contributed by atoms with Crippen LogP contribution in [-0.2, 0) is 24.6 Å². The summed E-state index contributed by atoms with van der Waals surface area (Å²) >= 11 is 0. The first-order valence-electron chi connectivity index (χ1n) is 12.6. The van der Waals surface area contributed by atoms with Gasteiger partial charge in [0.2, 0.25) is 0 Å². The maximum Gasteiger partial charge on any atom is -0.00639 e. The van der Waals surface area contributed by atoms with Crippen molar-refractivity contribution in [2.24, 2.45) is 0 Å². The van der Waals surface area contributed by atoms with Crippen LogP contribution in [0.1, 0.15) is 35.1 Å². The highest BCUT2D eigenvalue weighted by atomic mass is 31.1. The summed E-state index contributed by atoms with van der Waals surface area (Å²) in [5.41, 5.74) is 12.2. The monoisotopic (exact) mass is 478 g/mol. The summed E-state index contributed by atoms with van der Waals surface area (Å²) in [6.07, 6.45) is 10.7. The highest BCUT2D eigenvalue weighted by molar-refractivity contribution is 7.56. The maximum absolute atomic E-state index is 2.37. The Labute approximate surface area is 207 Å². The first kappa shape index (κ1) is 22.2. The second-order valence-corrected chi connectivity index (χ2v) is 14.6. The van der Waals surface area contributed by atoms with Gasteiger partial charge in [-0.1, -0.05) is 113 Å². The third-order valence-electron chi connectivity index (χ3n) is 7.42. The lowest BCUT2D eigenvalue weighted by Crippen LogP contribution is -1.96. The third kappa shape index (κ3) is 4.64. The van der Waals surface area contributed by atoms with Crippen molar-refractivity contribution >= 4 is 15.8 Å². The fraction of sp³-hybridized carbons (Fsp3) is 0.250. The quantitative estimate of drug-likeness (QED) is 0.198. The molecule has 0 unspecified atom stereocenters. The van der Waals surface area contributed by atoms with Gasteiger partial charge >= 0.3 is 0 Å². The van der Waals surface area contributed by atoms with E-state index in [-0.39, 0.29) is 15.8 Å². The number of hydrogen-bond acceptors (Lipinski definition) is 0. The molecule has 2 aliphatic rings. The van der Waals surface area contributed by atoms with Crippen molar-refractivity contribution in [3.63, 3.8) is 0 Å². The van der Waals surface area contributed by atoms with Gasteiger partial charge < -0.3 is 0 Å². The van der Waals surface area contributed by atoms with Gasteiger partial charge in [-0.05, 0) is 94.3 Å². The topological polar surface area (TPSA) is 0 Å². The van der Waals surface area contributed by atoms with E-state index in [0.717, 1.165) is 0 Å². The number of hydrogen-bond donors (Lipinski definition) is 0. The lowest BCUT2D eigenvalue weighted by Gasteiger charge is -2.19. The fourth-order valence-corrected chi connectivity index (χ4v) is 11.0. The molecule has 0 radical (unpaired) electrons. The van der Waals surface area contributed by atoms with Gasteiger partial charge in [-0.2, -0.15) is 0 Å². The lowest BCUT2D eigenvalue weighted by molar-refractivity contribution is 0.890. The van der Waals surface area contributed by atoms with Gasteiger partial charge in [0.15, 0.2) is 0 Å². The Hall–Kier alpha value is -2.26. The van der Waals surface area contributed by atoms with Crippen molar-refractivity contribution in [3.8, 4) is 22.3 Å². The van der Waals surface area contributed by atoms with E-state index in [1.54, 1.807) is 22.3 Å². The largest absolute Gasteiger partial charge is 0.0977 e. The van der Waals surface area contributed by atoms with E-state index in [4.69, 9.17) is 0 Å². The van der Waals surface area contributed by atoms with Gasteiger partial charge in [0.1, 0.15) is 0 Å². The normalized spacial score (nSPS) is 15.4. The predicted octanol–water partition coefficient (Wildman–Crippen LogP) is 9.49. The number of unbranched alkanes of at least 4 members (excludes halogenated alkanes) is 1. The standard InChI is InChI=1S/C32H32P2/c1-5-15-29-25(11-1)21-33(22-26-12-2-6-16-30(26)29)19-9-10-20-34-23-27-13-3-7-17-31(27)32-18-8-4-14-28(32)24-34/h1-8,11-18H,9-10,19-24H2. The zero-order chi connectivity index (χ0) is 22.7. The Morgan fingerprint density at radius 2 is 0.647 bits per heavy atom. The van der Waals surface area contributed by atoms with Crippen LogP contribution in [0.4, 0.5) is 0 Å². The molecule has 0 N–H and O–H groups in total. The molecule has 0 bridgehead atoms. The highest BCUT2D eigenvalue weighted by Crippen LogP contribution is 2.52. The molecule has 6 rings (SSSR count). The van der Waals surface area contributed by atoms with Crippen LogP contribution in [-0.4, -0.2) is 12.3 Å². The fourth-order valence-electron chi connectivity index (χ4n) is 5.75. The van der Waals surface area contributed by atoms with E-state index < -0.39 is 0 Å². The van der Waals surface area contributed by atoms with E-state index in [2.05, 4.69) is 97.1 Å². The molecule has 0 aliphatic carbocycles. The lowest BCUT2D eigenvalue weighted by atomic mass is 9.97. The van der Waals surface area contributed by atoms with Gasteiger partial charge in [-0.15, -0.1) is 0 Å². The van der Waals surface area contributed by atoms with E-state index in [9.17, 15) is 0 Å². The van der Waals surface area contributed by atoms with Crippen LogP contribution in [0, 0.1) is 0 Å². The predicted molar refractivity (Wildman–Crippen MR) is 151 cm³/mol. The van der Waals surface area contributed by atoms with Crippen LogP contribution in [0.5, 0.6) is 0 Å². The van der Waals surface area contributed by atoms with Crippen LogP contribution < -0.4 is 0 Å². The molecule has 4 aromatic rings. The van der Waals surface area contributed by atoms with Gasteiger partial charge in [0, 0.05) is 0 Å². The minimum Gasteiger partial charge on any atom is -0.0977 e. The minimum absolute atomic E-state index is 0.0168. The van der Waals surface area contributed by atoms with Gasteiger partial charge in [0.25, 0.3) is 0 Å². The van der Waals surface area contributed by atoms with E-state index in [0.29, 0.717) is 0 Å². The van der Waals surface area contributed by atoms with Crippen LogP contribution >= 0.6 is 15.8 Å². The van der Waals surface area contributed by atoms with Crippen molar-refractivity contribution in [2.75, 3.05) is 12.3 Å². The Morgan fingerprint density at radius 3 is 0.941 bits per heavy atom. The number of benzene rings is 4. The average Bonchev–Trinajstić information content (AvgIpc) is 3.14. The molecule has 2 heteroatoms. The van der Waals surface area contributed by atoms with Gasteiger partial charge in [0.05, 0.1) is 0 Å². The molecule has 34 heavy (non-hydrogen) atoms. The molecule has 4 aromatic carbocycles.